The first-order chi connectivity index (χ1) is 8.58. The second kappa shape index (κ2) is 7.55. The molecule has 0 heterocycles. The van der Waals surface area contributed by atoms with Gasteiger partial charge in [0.15, 0.2) is 5.78 Å². The molecule has 0 saturated carbocycles. The average molecular weight is 268 g/mol. The van der Waals surface area contributed by atoms with Crippen molar-refractivity contribution in [1.82, 2.24) is 4.90 Å². The molecule has 0 saturated heterocycles. The molecule has 0 amide bonds. The number of benzene rings is 1. The lowest BCUT2D eigenvalue weighted by molar-refractivity contribution is 0.0954. The molecule has 0 radical (unpaired) electrons. The molecule has 0 aliphatic rings. The van der Waals surface area contributed by atoms with Crippen LogP contribution in [0.5, 0.6) is 0 Å². The van der Waals surface area contributed by atoms with Crippen LogP contribution in [0.1, 0.15) is 44.0 Å². The van der Waals surface area contributed by atoms with Crippen molar-refractivity contribution in [2.24, 2.45) is 0 Å². The summed E-state index contributed by atoms with van der Waals surface area (Å²) in [6.45, 7) is 8.33. The van der Waals surface area contributed by atoms with E-state index in [0.717, 1.165) is 25.1 Å². The van der Waals surface area contributed by atoms with E-state index >= 15 is 0 Å². The van der Waals surface area contributed by atoms with Crippen LogP contribution >= 0.6 is 11.6 Å². The fraction of sp³-hybridized carbons (Fsp3) is 0.533. The van der Waals surface area contributed by atoms with Crippen molar-refractivity contribution in [3.8, 4) is 0 Å². The predicted molar refractivity (Wildman–Crippen MR) is 77.4 cm³/mol. The first-order valence-electron chi connectivity index (χ1n) is 6.61. The highest BCUT2D eigenvalue weighted by atomic mass is 35.5. The minimum atomic E-state index is 0.188. The minimum Gasteiger partial charge on any atom is -0.300 e. The van der Waals surface area contributed by atoms with E-state index in [1.54, 1.807) is 24.3 Å². The van der Waals surface area contributed by atoms with Gasteiger partial charge in [-0.2, -0.15) is 0 Å². The first-order valence-corrected chi connectivity index (χ1v) is 6.99. The summed E-state index contributed by atoms with van der Waals surface area (Å²) in [4.78, 5) is 14.4. The number of halogens is 1. The van der Waals surface area contributed by atoms with Crippen LogP contribution in [0, 0.1) is 0 Å². The van der Waals surface area contributed by atoms with Crippen LogP contribution in [-0.2, 0) is 0 Å². The van der Waals surface area contributed by atoms with Crippen LogP contribution in [0.4, 0.5) is 0 Å². The third-order valence-corrected chi connectivity index (χ3v) is 3.66. The number of hydrogen-bond acceptors (Lipinski definition) is 2. The van der Waals surface area contributed by atoms with E-state index in [-0.39, 0.29) is 5.78 Å². The van der Waals surface area contributed by atoms with Crippen molar-refractivity contribution < 1.29 is 4.79 Å². The van der Waals surface area contributed by atoms with Crippen LogP contribution in [0.15, 0.2) is 24.3 Å². The molecule has 1 aromatic carbocycles. The summed E-state index contributed by atoms with van der Waals surface area (Å²) in [5.41, 5.74) is 0.750. The van der Waals surface area contributed by atoms with Gasteiger partial charge in [0.2, 0.25) is 0 Å². The molecule has 3 heteroatoms. The highest BCUT2D eigenvalue weighted by Crippen LogP contribution is 2.12. The van der Waals surface area contributed by atoms with Crippen molar-refractivity contribution in [2.75, 3.05) is 13.1 Å². The molecule has 0 fully saturated rings. The summed E-state index contributed by atoms with van der Waals surface area (Å²) in [6.07, 6.45) is 1.68. The Hall–Kier alpha value is -0.860. The maximum atomic E-state index is 12.0. The van der Waals surface area contributed by atoms with Crippen LogP contribution in [0.25, 0.3) is 0 Å². The van der Waals surface area contributed by atoms with Crippen molar-refractivity contribution in [1.29, 1.82) is 0 Å². The summed E-state index contributed by atoms with van der Waals surface area (Å²) in [6, 6.07) is 7.66. The molecule has 0 bridgehead atoms. The maximum Gasteiger partial charge on any atom is 0.164 e. The van der Waals surface area contributed by atoms with Gasteiger partial charge in [0.25, 0.3) is 0 Å². The summed E-state index contributed by atoms with van der Waals surface area (Å²) in [7, 11) is 0. The molecule has 0 aliphatic heterocycles. The molecule has 0 aromatic heterocycles. The predicted octanol–water partition coefficient (Wildman–Crippen LogP) is 4.03. The fourth-order valence-electron chi connectivity index (χ4n) is 1.97. The lowest BCUT2D eigenvalue weighted by atomic mass is 10.1. The number of carbonyl (C=O) groups is 1. The van der Waals surface area contributed by atoms with Gasteiger partial charge < -0.3 is 4.90 Å². The topological polar surface area (TPSA) is 20.3 Å². The minimum absolute atomic E-state index is 0.188. The standard InChI is InChI=1S/C15H22ClNO/c1-4-12(3)17(5-2)11-10-15(18)13-6-8-14(16)9-7-13/h6-9,12H,4-5,10-11H2,1-3H3. The largest absolute Gasteiger partial charge is 0.300 e. The molecule has 18 heavy (non-hydrogen) atoms. The van der Waals surface area contributed by atoms with Crippen LogP contribution in [0.2, 0.25) is 5.02 Å². The normalized spacial score (nSPS) is 12.7. The van der Waals surface area contributed by atoms with E-state index < -0.39 is 0 Å². The molecular weight excluding hydrogens is 246 g/mol. The van der Waals surface area contributed by atoms with Gasteiger partial charge in [-0.25, -0.2) is 0 Å². The maximum absolute atomic E-state index is 12.0. The zero-order valence-corrected chi connectivity index (χ0v) is 12.2. The number of rotatable bonds is 7. The molecule has 0 N–H and O–H groups in total. The van der Waals surface area contributed by atoms with E-state index in [4.69, 9.17) is 11.6 Å². The van der Waals surface area contributed by atoms with Crippen molar-refractivity contribution in [3.63, 3.8) is 0 Å². The molecule has 100 valence electrons. The summed E-state index contributed by atoms with van der Waals surface area (Å²) < 4.78 is 0. The van der Waals surface area contributed by atoms with Crippen molar-refractivity contribution in [3.05, 3.63) is 34.9 Å². The first kappa shape index (κ1) is 15.2. The third kappa shape index (κ3) is 4.43. The molecule has 0 aliphatic carbocycles. The van der Waals surface area contributed by atoms with Crippen molar-refractivity contribution in [2.45, 2.75) is 39.7 Å². The van der Waals surface area contributed by atoms with Crippen molar-refractivity contribution >= 4 is 17.4 Å². The molecule has 1 unspecified atom stereocenters. The summed E-state index contributed by atoms with van der Waals surface area (Å²) in [5.74, 6) is 0.188. The van der Waals surface area contributed by atoms with Gasteiger partial charge in [-0.15, -0.1) is 0 Å². The summed E-state index contributed by atoms with van der Waals surface area (Å²) >= 11 is 5.81. The number of Topliss-reactive ketones (excluding diaryl/α,β-unsaturated/α-hetero) is 1. The van der Waals surface area contributed by atoms with Crippen LogP contribution in [-0.4, -0.2) is 29.8 Å². The van der Waals surface area contributed by atoms with Crippen LogP contribution < -0.4 is 0 Å². The van der Waals surface area contributed by atoms with Gasteiger partial charge in [0.1, 0.15) is 0 Å². The molecule has 1 atom stereocenters. The smallest absolute Gasteiger partial charge is 0.164 e. The van der Waals surface area contributed by atoms with E-state index in [1.165, 1.54) is 0 Å². The van der Waals surface area contributed by atoms with E-state index in [9.17, 15) is 4.79 Å². The Bertz CT molecular complexity index is 375. The quantitative estimate of drug-likeness (QED) is 0.695. The molecule has 0 spiro atoms. The lowest BCUT2D eigenvalue weighted by Crippen LogP contribution is -2.34. The van der Waals surface area contributed by atoms with Gasteiger partial charge in [-0.3, -0.25) is 4.79 Å². The second-order valence-corrected chi connectivity index (χ2v) is 5.00. The SMILES string of the molecule is CCC(C)N(CC)CCC(=O)c1ccc(Cl)cc1. The molecule has 1 aromatic rings. The molecule has 2 nitrogen and oxygen atoms in total. The summed E-state index contributed by atoms with van der Waals surface area (Å²) in [5, 5.41) is 0.668. The van der Waals surface area contributed by atoms with E-state index in [1.807, 2.05) is 0 Å². The number of ketones is 1. The average Bonchev–Trinajstić information content (AvgIpc) is 2.39. The van der Waals surface area contributed by atoms with E-state index in [0.29, 0.717) is 17.5 Å². The van der Waals surface area contributed by atoms with Crippen LogP contribution in [0.3, 0.4) is 0 Å². The Kier molecular flexibility index (Phi) is 6.37. The van der Waals surface area contributed by atoms with Gasteiger partial charge >= 0.3 is 0 Å². The van der Waals surface area contributed by atoms with Gasteiger partial charge in [-0.05, 0) is 44.2 Å². The highest BCUT2D eigenvalue weighted by Gasteiger charge is 2.12. The zero-order chi connectivity index (χ0) is 13.5. The number of hydrogen-bond donors (Lipinski definition) is 0. The second-order valence-electron chi connectivity index (χ2n) is 4.57. The Morgan fingerprint density at radius 2 is 1.89 bits per heavy atom. The number of nitrogens with zero attached hydrogens (tertiary/aromatic N) is 1. The fourth-order valence-corrected chi connectivity index (χ4v) is 2.10. The Morgan fingerprint density at radius 1 is 1.28 bits per heavy atom. The molecule has 1 rings (SSSR count). The highest BCUT2D eigenvalue weighted by molar-refractivity contribution is 6.30. The Balaban J connectivity index is 2.52. The third-order valence-electron chi connectivity index (χ3n) is 3.41. The zero-order valence-electron chi connectivity index (χ0n) is 11.4. The van der Waals surface area contributed by atoms with Gasteiger partial charge in [-0.1, -0.05) is 25.4 Å². The lowest BCUT2D eigenvalue weighted by Gasteiger charge is -2.26. The Morgan fingerprint density at radius 3 is 2.39 bits per heavy atom. The van der Waals surface area contributed by atoms with Gasteiger partial charge in [0.05, 0.1) is 0 Å². The Labute approximate surface area is 115 Å². The van der Waals surface area contributed by atoms with Gasteiger partial charge in [0, 0.05) is 29.6 Å². The monoisotopic (exact) mass is 267 g/mol. The van der Waals surface area contributed by atoms with E-state index in [2.05, 4.69) is 25.7 Å². The number of carbonyl (C=O) groups excluding carboxylic acids is 1. The molecular formula is C15H22ClNO.